The predicted molar refractivity (Wildman–Crippen MR) is 70.3 cm³/mol. The third-order valence-corrected chi connectivity index (χ3v) is 4.81. The van der Waals surface area contributed by atoms with Crippen LogP contribution in [0.15, 0.2) is 18.2 Å². The van der Waals surface area contributed by atoms with Gasteiger partial charge in [0, 0.05) is 19.5 Å². The van der Waals surface area contributed by atoms with Crippen LogP contribution in [0.25, 0.3) is 0 Å². The smallest absolute Gasteiger partial charge is 0.00808 e. The van der Waals surface area contributed by atoms with Gasteiger partial charge in [-0.05, 0) is 57.4 Å². The SMILES string of the molecule is Cc1ccc(CCc2sc(C)cc2C)s1. The molecular weight excluding hydrogens is 220 g/mol. The van der Waals surface area contributed by atoms with Gasteiger partial charge in [0.15, 0.2) is 0 Å². The van der Waals surface area contributed by atoms with E-state index in [1.165, 1.54) is 33.0 Å². The molecule has 0 saturated carbocycles. The molecule has 0 bridgehead atoms. The molecule has 0 radical (unpaired) electrons. The van der Waals surface area contributed by atoms with Crippen LogP contribution in [0.1, 0.15) is 25.1 Å². The summed E-state index contributed by atoms with van der Waals surface area (Å²) >= 11 is 3.87. The molecule has 0 aromatic carbocycles. The maximum atomic E-state index is 2.29. The van der Waals surface area contributed by atoms with Gasteiger partial charge in [0.2, 0.25) is 0 Å². The molecule has 0 aliphatic rings. The van der Waals surface area contributed by atoms with Crippen LogP contribution in [-0.4, -0.2) is 0 Å². The van der Waals surface area contributed by atoms with Gasteiger partial charge in [0.05, 0.1) is 0 Å². The van der Waals surface area contributed by atoms with Crippen molar-refractivity contribution < 1.29 is 0 Å². The lowest BCUT2D eigenvalue weighted by Crippen LogP contribution is -1.86. The molecule has 15 heavy (non-hydrogen) atoms. The van der Waals surface area contributed by atoms with Crippen LogP contribution in [0.3, 0.4) is 0 Å². The topological polar surface area (TPSA) is 0 Å². The van der Waals surface area contributed by atoms with Crippen molar-refractivity contribution in [1.82, 2.24) is 0 Å². The number of aryl methyl sites for hydroxylation is 5. The Labute approximate surface area is 99.6 Å². The van der Waals surface area contributed by atoms with E-state index in [1.54, 1.807) is 4.88 Å². The number of hydrogen-bond donors (Lipinski definition) is 0. The van der Waals surface area contributed by atoms with Crippen molar-refractivity contribution in [2.75, 3.05) is 0 Å². The fourth-order valence-electron chi connectivity index (χ4n) is 1.79. The Morgan fingerprint density at radius 1 is 0.933 bits per heavy atom. The maximum Gasteiger partial charge on any atom is 0.00808 e. The average molecular weight is 236 g/mol. The Hall–Kier alpha value is -0.600. The summed E-state index contributed by atoms with van der Waals surface area (Å²) in [5.41, 5.74) is 1.46. The van der Waals surface area contributed by atoms with E-state index in [0.717, 1.165) is 0 Å². The zero-order chi connectivity index (χ0) is 10.8. The third kappa shape index (κ3) is 2.70. The van der Waals surface area contributed by atoms with Crippen LogP contribution < -0.4 is 0 Å². The summed E-state index contributed by atoms with van der Waals surface area (Å²) in [5, 5.41) is 0. The summed E-state index contributed by atoms with van der Waals surface area (Å²) in [4.78, 5) is 5.92. The van der Waals surface area contributed by atoms with E-state index in [9.17, 15) is 0 Å². The van der Waals surface area contributed by atoms with Crippen molar-refractivity contribution in [2.45, 2.75) is 33.6 Å². The molecule has 0 N–H and O–H groups in total. The highest BCUT2D eigenvalue weighted by Crippen LogP contribution is 2.24. The Bertz CT molecular complexity index is 449. The first-order valence-corrected chi connectivity index (χ1v) is 6.89. The second-order valence-corrected chi connectivity index (χ2v) is 6.69. The molecule has 2 heterocycles. The van der Waals surface area contributed by atoms with Crippen LogP contribution in [0.4, 0.5) is 0 Å². The standard InChI is InChI=1S/C13H16S2/c1-9-8-11(3)15-13(9)7-6-12-5-4-10(2)14-12/h4-5,8H,6-7H2,1-3H3. The van der Waals surface area contributed by atoms with Crippen LogP contribution in [0.5, 0.6) is 0 Å². The highest BCUT2D eigenvalue weighted by Gasteiger charge is 2.04. The van der Waals surface area contributed by atoms with Gasteiger partial charge in [-0.3, -0.25) is 0 Å². The molecule has 2 aromatic heterocycles. The Morgan fingerprint density at radius 2 is 1.73 bits per heavy atom. The molecule has 80 valence electrons. The van der Waals surface area contributed by atoms with Gasteiger partial charge in [0.1, 0.15) is 0 Å². The van der Waals surface area contributed by atoms with Crippen molar-refractivity contribution in [3.05, 3.63) is 43.3 Å². The van der Waals surface area contributed by atoms with Crippen LogP contribution in [-0.2, 0) is 12.8 Å². The second-order valence-electron chi connectivity index (χ2n) is 3.98. The molecule has 0 aliphatic heterocycles. The molecule has 0 saturated heterocycles. The lowest BCUT2D eigenvalue weighted by atomic mass is 10.2. The first-order chi connectivity index (χ1) is 7.15. The molecular formula is C13H16S2. The van der Waals surface area contributed by atoms with Gasteiger partial charge >= 0.3 is 0 Å². The molecule has 0 nitrogen and oxygen atoms in total. The molecule has 0 aliphatic carbocycles. The van der Waals surface area contributed by atoms with Gasteiger partial charge in [0.25, 0.3) is 0 Å². The highest BCUT2D eigenvalue weighted by atomic mass is 32.1. The van der Waals surface area contributed by atoms with Crippen molar-refractivity contribution in [2.24, 2.45) is 0 Å². The van der Waals surface area contributed by atoms with Crippen LogP contribution in [0.2, 0.25) is 0 Å². The zero-order valence-corrected chi connectivity index (χ0v) is 11.1. The van der Waals surface area contributed by atoms with E-state index in [-0.39, 0.29) is 0 Å². The van der Waals surface area contributed by atoms with Crippen LogP contribution >= 0.6 is 22.7 Å². The fraction of sp³-hybridized carbons (Fsp3) is 0.385. The third-order valence-electron chi connectivity index (χ3n) is 2.54. The molecule has 2 rings (SSSR count). The van der Waals surface area contributed by atoms with E-state index >= 15 is 0 Å². The van der Waals surface area contributed by atoms with Crippen molar-refractivity contribution in [3.63, 3.8) is 0 Å². The minimum atomic E-state index is 1.19. The molecule has 0 amide bonds. The lowest BCUT2D eigenvalue weighted by molar-refractivity contribution is 0.994. The first kappa shape index (κ1) is 10.9. The van der Waals surface area contributed by atoms with Crippen molar-refractivity contribution >= 4 is 22.7 Å². The minimum Gasteiger partial charge on any atom is -0.146 e. The zero-order valence-electron chi connectivity index (χ0n) is 9.46. The van der Waals surface area contributed by atoms with E-state index < -0.39 is 0 Å². The van der Waals surface area contributed by atoms with Gasteiger partial charge in [-0.15, -0.1) is 22.7 Å². The Morgan fingerprint density at radius 3 is 2.27 bits per heavy atom. The highest BCUT2D eigenvalue weighted by molar-refractivity contribution is 7.12. The summed E-state index contributed by atoms with van der Waals surface area (Å²) in [6.45, 7) is 6.59. The summed E-state index contributed by atoms with van der Waals surface area (Å²) < 4.78 is 0. The van der Waals surface area contributed by atoms with E-state index in [1.807, 2.05) is 22.7 Å². The quantitative estimate of drug-likeness (QED) is 0.735. The summed E-state index contributed by atoms with van der Waals surface area (Å²) in [6, 6.07) is 6.77. The lowest BCUT2D eigenvalue weighted by Gasteiger charge is -1.97. The second kappa shape index (κ2) is 4.50. The number of thiophene rings is 2. The summed E-state index contributed by atoms with van der Waals surface area (Å²) in [6.07, 6.45) is 2.39. The number of hydrogen-bond acceptors (Lipinski definition) is 2. The van der Waals surface area contributed by atoms with Crippen LogP contribution in [0, 0.1) is 20.8 Å². The molecule has 0 spiro atoms. The normalized spacial score (nSPS) is 10.9. The van der Waals surface area contributed by atoms with Crippen molar-refractivity contribution in [1.29, 1.82) is 0 Å². The molecule has 0 fully saturated rings. The van der Waals surface area contributed by atoms with E-state index in [4.69, 9.17) is 0 Å². The molecule has 0 atom stereocenters. The first-order valence-electron chi connectivity index (χ1n) is 5.26. The monoisotopic (exact) mass is 236 g/mol. The Kier molecular flexibility index (Phi) is 3.27. The Balaban J connectivity index is 2.01. The van der Waals surface area contributed by atoms with Gasteiger partial charge in [-0.25, -0.2) is 0 Å². The molecule has 2 heteroatoms. The molecule has 0 unspecified atom stereocenters. The largest absolute Gasteiger partial charge is 0.146 e. The van der Waals surface area contributed by atoms with E-state index in [0.29, 0.717) is 0 Å². The number of rotatable bonds is 3. The van der Waals surface area contributed by atoms with Gasteiger partial charge in [-0.2, -0.15) is 0 Å². The summed E-state index contributed by atoms with van der Waals surface area (Å²) in [5.74, 6) is 0. The fourth-order valence-corrected chi connectivity index (χ4v) is 3.73. The van der Waals surface area contributed by atoms with E-state index in [2.05, 4.69) is 39.0 Å². The minimum absolute atomic E-state index is 1.19. The van der Waals surface area contributed by atoms with Crippen molar-refractivity contribution in [3.8, 4) is 0 Å². The average Bonchev–Trinajstić information content (AvgIpc) is 2.70. The molecule has 2 aromatic rings. The maximum absolute atomic E-state index is 2.29. The van der Waals surface area contributed by atoms with Gasteiger partial charge < -0.3 is 0 Å². The predicted octanol–water partition coefficient (Wildman–Crippen LogP) is 4.52. The summed E-state index contributed by atoms with van der Waals surface area (Å²) in [7, 11) is 0. The van der Waals surface area contributed by atoms with Gasteiger partial charge in [-0.1, -0.05) is 0 Å².